The Kier molecular flexibility index (Phi) is 6.92. The summed E-state index contributed by atoms with van der Waals surface area (Å²) in [7, 11) is 0. The molecule has 1 fully saturated rings. The van der Waals surface area contributed by atoms with Crippen LogP contribution in [0.2, 0.25) is 0 Å². The summed E-state index contributed by atoms with van der Waals surface area (Å²) in [5, 5.41) is 7.85. The fourth-order valence-corrected chi connectivity index (χ4v) is 4.39. The van der Waals surface area contributed by atoms with Gasteiger partial charge in [-0.15, -0.1) is 0 Å². The highest BCUT2D eigenvalue weighted by Crippen LogP contribution is 2.31. The summed E-state index contributed by atoms with van der Waals surface area (Å²) in [6.45, 7) is 6.26. The molecule has 5 rings (SSSR count). The van der Waals surface area contributed by atoms with Crippen molar-refractivity contribution in [3.63, 3.8) is 0 Å². The number of benzene rings is 3. The van der Waals surface area contributed by atoms with Crippen LogP contribution in [-0.4, -0.2) is 23.1 Å². The molecular weight excluding hydrogens is 432 g/mol. The highest BCUT2D eigenvalue weighted by atomic mass is 16.5. The molecule has 35 heavy (non-hydrogen) atoms. The SMILES string of the molecule is CCc1ccccc1Oc1ccc(Nc2ncnc3ccc(C#CC4CCCNC4)cc23)cc1C. The van der Waals surface area contributed by atoms with E-state index in [9.17, 15) is 0 Å². The van der Waals surface area contributed by atoms with Crippen LogP contribution in [0.5, 0.6) is 11.5 Å². The number of nitrogens with one attached hydrogen (secondary N) is 2. The topological polar surface area (TPSA) is 59.1 Å². The first-order valence-corrected chi connectivity index (χ1v) is 12.3. The second kappa shape index (κ2) is 10.6. The molecule has 0 radical (unpaired) electrons. The molecule has 1 saturated heterocycles. The van der Waals surface area contributed by atoms with Crippen LogP contribution in [-0.2, 0) is 6.42 Å². The van der Waals surface area contributed by atoms with Crippen LogP contribution in [0, 0.1) is 24.7 Å². The summed E-state index contributed by atoms with van der Waals surface area (Å²) in [6, 6.07) is 20.4. The van der Waals surface area contributed by atoms with E-state index >= 15 is 0 Å². The normalized spacial score (nSPS) is 15.3. The molecule has 1 aliphatic heterocycles. The van der Waals surface area contributed by atoms with Gasteiger partial charge >= 0.3 is 0 Å². The zero-order chi connectivity index (χ0) is 24.0. The van der Waals surface area contributed by atoms with Crippen molar-refractivity contribution >= 4 is 22.4 Å². The van der Waals surface area contributed by atoms with Crippen LogP contribution < -0.4 is 15.4 Å². The fraction of sp³-hybridized carbons (Fsp3) is 0.267. The van der Waals surface area contributed by atoms with Crippen LogP contribution in [0.15, 0.2) is 67.0 Å². The van der Waals surface area contributed by atoms with Gasteiger partial charge in [-0.2, -0.15) is 0 Å². The number of nitrogens with zero attached hydrogens (tertiary/aromatic N) is 2. The van der Waals surface area contributed by atoms with Gasteiger partial charge < -0.3 is 15.4 Å². The van der Waals surface area contributed by atoms with Gasteiger partial charge in [-0.25, -0.2) is 9.97 Å². The van der Waals surface area contributed by atoms with E-state index in [1.807, 2.05) is 42.5 Å². The largest absolute Gasteiger partial charge is 0.457 e. The van der Waals surface area contributed by atoms with Gasteiger partial charge in [-0.3, -0.25) is 0 Å². The Balaban J connectivity index is 1.38. The molecule has 0 amide bonds. The van der Waals surface area contributed by atoms with Gasteiger partial charge in [0, 0.05) is 29.1 Å². The van der Waals surface area contributed by atoms with E-state index in [1.165, 1.54) is 12.0 Å². The first-order chi connectivity index (χ1) is 17.2. The molecule has 176 valence electrons. The molecule has 1 aromatic heterocycles. The summed E-state index contributed by atoms with van der Waals surface area (Å²) in [4.78, 5) is 8.96. The minimum atomic E-state index is 0.414. The zero-order valence-corrected chi connectivity index (χ0v) is 20.3. The molecular formula is C30H30N4O. The molecule has 2 N–H and O–H groups in total. The van der Waals surface area contributed by atoms with Crippen molar-refractivity contribution in [1.29, 1.82) is 0 Å². The summed E-state index contributed by atoms with van der Waals surface area (Å²) < 4.78 is 6.23. The highest BCUT2D eigenvalue weighted by molar-refractivity contribution is 5.91. The smallest absolute Gasteiger partial charge is 0.141 e. The zero-order valence-electron chi connectivity index (χ0n) is 20.3. The minimum Gasteiger partial charge on any atom is -0.457 e. The summed E-state index contributed by atoms with van der Waals surface area (Å²) in [5.74, 6) is 9.71. The lowest BCUT2D eigenvalue weighted by Gasteiger charge is -2.17. The number of aromatic nitrogens is 2. The van der Waals surface area contributed by atoms with E-state index < -0.39 is 0 Å². The molecule has 5 heteroatoms. The second-order valence-electron chi connectivity index (χ2n) is 8.94. The Bertz CT molecular complexity index is 1400. The summed E-state index contributed by atoms with van der Waals surface area (Å²) >= 11 is 0. The molecule has 1 aliphatic rings. The Hall–Kier alpha value is -3.88. The van der Waals surface area contributed by atoms with Gasteiger partial charge in [-0.1, -0.05) is 37.0 Å². The van der Waals surface area contributed by atoms with Crippen molar-refractivity contribution < 1.29 is 4.74 Å². The molecule has 2 heterocycles. The average Bonchev–Trinajstić information content (AvgIpc) is 2.90. The van der Waals surface area contributed by atoms with Crippen LogP contribution >= 0.6 is 0 Å². The quantitative estimate of drug-likeness (QED) is 0.337. The number of rotatable bonds is 5. The highest BCUT2D eigenvalue weighted by Gasteiger charge is 2.11. The molecule has 5 nitrogen and oxygen atoms in total. The first kappa shape index (κ1) is 22.9. The molecule has 1 unspecified atom stereocenters. The van der Waals surface area contributed by atoms with Crippen LogP contribution in [0.1, 0.15) is 36.5 Å². The first-order valence-electron chi connectivity index (χ1n) is 12.3. The van der Waals surface area contributed by atoms with Crippen LogP contribution in [0.4, 0.5) is 11.5 Å². The third-order valence-corrected chi connectivity index (χ3v) is 6.36. The number of aryl methyl sites for hydroxylation is 2. The third-order valence-electron chi connectivity index (χ3n) is 6.36. The molecule has 3 aromatic carbocycles. The third kappa shape index (κ3) is 5.45. The number of para-hydroxylation sites is 1. The van der Waals surface area contributed by atoms with E-state index in [0.717, 1.165) is 71.0 Å². The Morgan fingerprint density at radius 1 is 1.06 bits per heavy atom. The lowest BCUT2D eigenvalue weighted by atomic mass is 10.00. The molecule has 0 aliphatic carbocycles. The Morgan fingerprint density at radius 3 is 2.80 bits per heavy atom. The van der Waals surface area contributed by atoms with Crippen molar-refractivity contribution in [2.45, 2.75) is 33.1 Å². The van der Waals surface area contributed by atoms with E-state index in [-0.39, 0.29) is 0 Å². The van der Waals surface area contributed by atoms with E-state index in [0.29, 0.717) is 5.92 Å². The minimum absolute atomic E-state index is 0.414. The van der Waals surface area contributed by atoms with Crippen molar-refractivity contribution in [1.82, 2.24) is 15.3 Å². The molecule has 4 aromatic rings. The predicted molar refractivity (Wildman–Crippen MR) is 142 cm³/mol. The average molecular weight is 463 g/mol. The molecule has 0 saturated carbocycles. The van der Waals surface area contributed by atoms with E-state index in [2.05, 4.69) is 64.5 Å². The fourth-order valence-electron chi connectivity index (χ4n) is 4.39. The summed E-state index contributed by atoms with van der Waals surface area (Å²) in [6.07, 6.45) is 4.87. The van der Waals surface area contributed by atoms with Gasteiger partial charge in [0.2, 0.25) is 0 Å². The van der Waals surface area contributed by atoms with Crippen molar-refractivity contribution in [2.75, 3.05) is 18.4 Å². The summed E-state index contributed by atoms with van der Waals surface area (Å²) in [5.41, 5.74) is 5.06. The predicted octanol–water partition coefficient (Wildman–Crippen LogP) is 6.39. The lowest BCUT2D eigenvalue weighted by molar-refractivity contribution is 0.449. The molecule has 0 bridgehead atoms. The van der Waals surface area contributed by atoms with E-state index in [1.54, 1.807) is 6.33 Å². The number of hydrogen-bond acceptors (Lipinski definition) is 5. The van der Waals surface area contributed by atoms with Crippen molar-refractivity contribution in [3.8, 4) is 23.3 Å². The van der Waals surface area contributed by atoms with Crippen LogP contribution in [0.3, 0.4) is 0 Å². The van der Waals surface area contributed by atoms with E-state index in [4.69, 9.17) is 4.74 Å². The lowest BCUT2D eigenvalue weighted by Crippen LogP contribution is -2.28. The maximum Gasteiger partial charge on any atom is 0.141 e. The molecule has 0 spiro atoms. The van der Waals surface area contributed by atoms with Gasteiger partial charge in [0.15, 0.2) is 0 Å². The second-order valence-corrected chi connectivity index (χ2v) is 8.94. The molecule has 1 atom stereocenters. The van der Waals surface area contributed by atoms with Gasteiger partial charge in [-0.05, 0) is 86.3 Å². The van der Waals surface area contributed by atoms with Crippen molar-refractivity contribution in [3.05, 3.63) is 83.7 Å². The standard InChI is InChI=1S/C30H30N4O/c1-3-24-8-4-5-9-29(24)35-28-15-13-25(17-21(28)2)34-30-26-18-22(12-14-27(26)32-20-33-30)10-11-23-7-6-16-31-19-23/h4-5,8-9,12-15,17-18,20,23,31H,3,6-7,16,19H2,1-2H3,(H,32,33,34). The number of piperidine rings is 1. The van der Waals surface area contributed by atoms with Gasteiger partial charge in [0.25, 0.3) is 0 Å². The Morgan fingerprint density at radius 2 is 1.97 bits per heavy atom. The number of hydrogen-bond donors (Lipinski definition) is 2. The van der Waals surface area contributed by atoms with Crippen LogP contribution in [0.25, 0.3) is 10.9 Å². The van der Waals surface area contributed by atoms with Crippen molar-refractivity contribution in [2.24, 2.45) is 5.92 Å². The number of ether oxygens (including phenoxy) is 1. The maximum atomic E-state index is 6.23. The Labute approximate surface area is 207 Å². The number of anilines is 2. The van der Waals surface area contributed by atoms with Gasteiger partial charge in [0.1, 0.15) is 23.6 Å². The monoisotopic (exact) mass is 462 g/mol. The van der Waals surface area contributed by atoms with Gasteiger partial charge in [0.05, 0.1) is 5.52 Å². The maximum absolute atomic E-state index is 6.23. The number of fused-ring (bicyclic) bond motifs is 1.